The number of amides is 4. The fourth-order valence-corrected chi connectivity index (χ4v) is 6.47. The number of aromatic nitrogens is 6. The lowest BCUT2D eigenvalue weighted by atomic mass is 10.1. The molecule has 0 saturated carbocycles. The minimum atomic E-state index is -0.705. The van der Waals surface area contributed by atoms with Gasteiger partial charge in [0, 0.05) is 62.5 Å². The molecule has 0 atom stereocenters. The van der Waals surface area contributed by atoms with Gasteiger partial charge in [-0.1, -0.05) is 18.2 Å². The van der Waals surface area contributed by atoms with E-state index in [-0.39, 0.29) is 59.9 Å². The molecule has 0 radical (unpaired) electrons. The number of fused-ring (bicyclic) bond motifs is 2. The summed E-state index contributed by atoms with van der Waals surface area (Å²) in [7, 11) is 3.17. The van der Waals surface area contributed by atoms with Crippen LogP contribution in [-0.2, 0) is 24.4 Å². The number of benzene rings is 2. The van der Waals surface area contributed by atoms with Crippen molar-refractivity contribution in [3.05, 3.63) is 101 Å². The molecule has 0 aliphatic heterocycles. The number of ether oxygens (including phenoxy) is 2. The number of carbonyl (C=O) groups excluding carboxylic acids is 4. The van der Waals surface area contributed by atoms with E-state index in [4.69, 9.17) is 37.4 Å². The largest absolute Gasteiger partial charge is 0.494 e. The highest BCUT2D eigenvalue weighted by molar-refractivity contribution is 6.47. The van der Waals surface area contributed by atoms with Crippen molar-refractivity contribution in [1.82, 2.24) is 34.2 Å². The molecule has 336 valence electrons. The second kappa shape index (κ2) is 21.5. The normalized spacial score (nSPS) is 12.6. The van der Waals surface area contributed by atoms with E-state index >= 15 is 0 Å². The van der Waals surface area contributed by atoms with E-state index in [1.165, 1.54) is 43.7 Å². The van der Waals surface area contributed by atoms with Crippen molar-refractivity contribution in [2.24, 2.45) is 32.9 Å². The van der Waals surface area contributed by atoms with Gasteiger partial charge in [-0.05, 0) is 70.2 Å². The maximum absolute atomic E-state index is 13.8. The first-order valence-corrected chi connectivity index (χ1v) is 20.1. The average Bonchev–Trinajstić information content (AvgIpc) is 3.94. The zero-order valence-corrected chi connectivity index (χ0v) is 36.5. The minimum absolute atomic E-state index is 0.0863. The Hall–Kier alpha value is -8.23. The molecule has 0 fully saturated rings. The van der Waals surface area contributed by atoms with Crippen LogP contribution in [0.1, 0.15) is 57.7 Å². The lowest BCUT2D eigenvalue weighted by molar-refractivity contribution is -0.110. The molecular weight excluding hydrogens is 823 g/mol. The van der Waals surface area contributed by atoms with Crippen molar-refractivity contribution in [2.45, 2.75) is 47.3 Å². The Morgan fingerprint density at radius 2 is 1.45 bits per heavy atom. The summed E-state index contributed by atoms with van der Waals surface area (Å²) >= 11 is 0. The Kier molecular flexibility index (Phi) is 15.8. The van der Waals surface area contributed by atoms with Crippen LogP contribution in [0.4, 0.5) is 11.9 Å². The number of aliphatic imine (C=N–C) groups is 2. The molecule has 3 heterocycles. The van der Waals surface area contributed by atoms with Crippen LogP contribution in [0.5, 0.6) is 11.5 Å². The molecule has 11 N–H and O–H groups in total. The summed E-state index contributed by atoms with van der Waals surface area (Å²) in [6, 6.07) is 7.70. The number of nitrogens with two attached hydrogens (primary N) is 4. The highest BCUT2D eigenvalue weighted by atomic mass is 16.5. The summed E-state index contributed by atoms with van der Waals surface area (Å²) in [5.41, 5.74) is 26.8. The molecule has 4 amide bonds. The van der Waals surface area contributed by atoms with Gasteiger partial charge in [-0.25, -0.2) is 9.97 Å². The molecule has 64 heavy (non-hydrogen) atoms. The molecule has 0 aliphatic rings. The number of nitrogens with zero attached hydrogens (tertiary/aromatic N) is 8. The van der Waals surface area contributed by atoms with Gasteiger partial charge in [-0.15, -0.1) is 0 Å². The lowest BCUT2D eigenvalue weighted by Crippen LogP contribution is -2.24. The first kappa shape index (κ1) is 46.8. The number of hydrogen-bond acceptors (Lipinski definition) is 14. The van der Waals surface area contributed by atoms with Crippen LogP contribution in [-0.4, -0.2) is 98.3 Å². The van der Waals surface area contributed by atoms with Gasteiger partial charge in [-0.2, -0.15) is 5.10 Å². The van der Waals surface area contributed by atoms with Gasteiger partial charge in [0.1, 0.15) is 40.5 Å². The molecule has 3 aromatic heterocycles. The average molecular weight is 876 g/mol. The lowest BCUT2D eigenvalue weighted by Gasteiger charge is -2.13. The third-order valence-electron chi connectivity index (χ3n) is 9.37. The van der Waals surface area contributed by atoms with Gasteiger partial charge in [0.25, 0.3) is 11.8 Å². The number of methoxy groups -OCH3 is 1. The monoisotopic (exact) mass is 875 g/mol. The van der Waals surface area contributed by atoms with Crippen molar-refractivity contribution in [3.63, 3.8) is 0 Å². The number of rotatable bonds is 21. The van der Waals surface area contributed by atoms with Gasteiger partial charge >= 0.3 is 0 Å². The van der Waals surface area contributed by atoms with Crippen molar-refractivity contribution in [3.8, 4) is 11.5 Å². The number of carbonyl (C=O) groups is 4. The van der Waals surface area contributed by atoms with E-state index in [1.807, 2.05) is 13.0 Å². The molecular formula is C43H53N15O6. The van der Waals surface area contributed by atoms with E-state index < -0.39 is 23.6 Å². The topological polar surface area (TPSA) is 305 Å². The van der Waals surface area contributed by atoms with Crippen molar-refractivity contribution >= 4 is 69.5 Å². The van der Waals surface area contributed by atoms with Crippen LogP contribution in [0.25, 0.3) is 22.1 Å². The quantitative estimate of drug-likeness (QED) is 0.0414. The first-order chi connectivity index (χ1) is 30.7. The van der Waals surface area contributed by atoms with E-state index in [0.717, 1.165) is 0 Å². The molecule has 0 unspecified atom stereocenters. The highest BCUT2D eigenvalue weighted by Gasteiger charge is 2.23. The first-order valence-electron chi connectivity index (χ1n) is 20.1. The van der Waals surface area contributed by atoms with Crippen LogP contribution in [0, 0.1) is 6.92 Å². The Bertz CT molecular complexity index is 2750. The van der Waals surface area contributed by atoms with Gasteiger partial charge in [0.2, 0.25) is 23.7 Å². The second-order valence-electron chi connectivity index (χ2n) is 14.0. The van der Waals surface area contributed by atoms with Gasteiger partial charge in [-0.3, -0.25) is 44.5 Å². The number of allylic oxidation sites excluding steroid dienone is 4. The Balaban J connectivity index is 1.57. The van der Waals surface area contributed by atoms with E-state index in [9.17, 15) is 19.2 Å². The fraction of sp³-hybridized carbons (Fsp3) is 0.279. The molecule has 0 bridgehead atoms. The molecule has 0 aliphatic carbocycles. The number of hydrogen-bond donors (Lipinski definition) is 7. The molecule has 0 spiro atoms. The second-order valence-corrected chi connectivity index (χ2v) is 14.0. The molecule has 5 aromatic rings. The van der Waals surface area contributed by atoms with Crippen molar-refractivity contribution in [1.29, 1.82) is 0 Å². The Labute approximate surface area is 368 Å². The standard InChI is InChI=1S/C43H53N15O6/c1-7-50-32(17-25(3)45)40(61)53-42-51-30-19-27(38(46)59)21-34(63-6)36(30)56(42)14-10-11-15-57-37-31(52-43(57)54-41(62)33-18-26(4)55-58(33)8-2)20-28(39(47)60)22-35(37)64-16-12-9-13-49-24-29(23-44)48-5/h9-12,17-24,48H,7-8,13-16,44-45H2,1-6H3,(H2,46,59)(H2,47,60)(H,51,53,61)(H,52,54,62)/b11-10+,12-9+,25-17-,29-23+,49-24?,50-32?. The van der Waals surface area contributed by atoms with Crippen LogP contribution >= 0.6 is 0 Å². The van der Waals surface area contributed by atoms with Crippen LogP contribution in [0.2, 0.25) is 0 Å². The minimum Gasteiger partial charge on any atom is -0.494 e. The zero-order valence-electron chi connectivity index (χ0n) is 36.5. The van der Waals surface area contributed by atoms with Crippen LogP contribution in [0.3, 0.4) is 0 Å². The molecule has 0 saturated heterocycles. The van der Waals surface area contributed by atoms with Gasteiger partial charge in [0.15, 0.2) is 0 Å². The summed E-state index contributed by atoms with van der Waals surface area (Å²) in [6.45, 7) is 8.52. The number of anilines is 2. The highest BCUT2D eigenvalue weighted by Crippen LogP contribution is 2.33. The number of imidazole rings is 2. The Morgan fingerprint density at radius 1 is 0.844 bits per heavy atom. The summed E-state index contributed by atoms with van der Waals surface area (Å²) < 4.78 is 16.9. The molecule has 21 nitrogen and oxygen atoms in total. The van der Waals surface area contributed by atoms with Crippen molar-refractivity contribution < 1.29 is 28.7 Å². The smallest absolute Gasteiger partial charge is 0.276 e. The summed E-state index contributed by atoms with van der Waals surface area (Å²) in [5.74, 6) is -1.62. The predicted octanol–water partition coefficient (Wildman–Crippen LogP) is 2.91. The van der Waals surface area contributed by atoms with E-state index in [1.54, 1.807) is 72.1 Å². The SMILES string of the molecule is CCN=C(/C=C(/C)N)C(=O)Nc1nc2cc(C(N)=O)cc(OC)c2n1C/C=C/Cn1c(NC(=O)c2cc(C)nn2CC)nc2cc(C(N)=O)cc(OC/C=C/CN=C/C(=C\N)NC)c21. The summed E-state index contributed by atoms with van der Waals surface area (Å²) in [6.07, 6.45) is 11.6. The van der Waals surface area contributed by atoms with Gasteiger partial charge in [0.05, 0.1) is 36.1 Å². The van der Waals surface area contributed by atoms with E-state index in [2.05, 4.69) is 36.0 Å². The maximum atomic E-state index is 13.8. The number of nitrogens with one attached hydrogen (secondary N) is 3. The molecule has 5 rings (SSSR count). The van der Waals surface area contributed by atoms with Crippen LogP contribution < -0.4 is 48.4 Å². The fourth-order valence-electron chi connectivity index (χ4n) is 6.47. The number of primary amides is 2. The molecule has 2 aromatic carbocycles. The third-order valence-corrected chi connectivity index (χ3v) is 9.37. The van der Waals surface area contributed by atoms with Crippen LogP contribution in [0.15, 0.2) is 88.3 Å². The summed E-state index contributed by atoms with van der Waals surface area (Å²) in [4.78, 5) is 70.0. The maximum Gasteiger partial charge on any atom is 0.276 e. The zero-order chi connectivity index (χ0) is 46.5. The summed E-state index contributed by atoms with van der Waals surface area (Å²) in [5, 5.41) is 13.1. The number of aryl methyl sites for hydroxylation is 2. The predicted molar refractivity (Wildman–Crippen MR) is 247 cm³/mol. The van der Waals surface area contributed by atoms with Crippen molar-refractivity contribution in [2.75, 3.05) is 44.5 Å². The molecule has 21 heteroatoms. The Morgan fingerprint density at radius 3 is 2.00 bits per heavy atom. The van der Waals surface area contributed by atoms with Gasteiger partial charge < -0.3 is 46.9 Å². The third kappa shape index (κ3) is 11.2. The van der Waals surface area contributed by atoms with E-state index in [0.29, 0.717) is 64.5 Å².